The Bertz CT molecular complexity index is 1440. The first-order valence-corrected chi connectivity index (χ1v) is 11.5. The Labute approximate surface area is 202 Å². The molecule has 1 N–H and O–H groups in total. The molecule has 7 nitrogen and oxygen atoms in total. The molecule has 33 heavy (non-hydrogen) atoms. The molecule has 2 heterocycles. The first-order valence-electron chi connectivity index (χ1n) is 9.78. The number of benzene rings is 3. The molecule has 4 aromatic rings. The summed E-state index contributed by atoms with van der Waals surface area (Å²) >= 11 is 13.5. The molecule has 10 heteroatoms. The van der Waals surface area contributed by atoms with Gasteiger partial charge in [0.15, 0.2) is 16.7 Å². The zero-order valence-electron chi connectivity index (χ0n) is 16.9. The number of hydrogen-bond acceptors (Lipinski definition) is 6. The molecule has 0 saturated carbocycles. The fourth-order valence-electron chi connectivity index (χ4n) is 3.41. The van der Waals surface area contributed by atoms with Gasteiger partial charge in [0.25, 0.3) is 5.56 Å². The maximum Gasteiger partial charge on any atom is 0.266 e. The topological polar surface area (TPSA) is 82.5 Å². The molecular weight excluding hydrogens is 485 g/mol. The lowest BCUT2D eigenvalue weighted by atomic mass is 10.2. The number of para-hydroxylation sites is 1. The van der Waals surface area contributed by atoms with E-state index in [0.717, 1.165) is 11.8 Å². The highest BCUT2D eigenvalue weighted by Gasteiger charge is 2.17. The number of ether oxygens (including phenoxy) is 2. The average Bonchev–Trinajstić information content (AvgIpc) is 3.25. The van der Waals surface area contributed by atoms with E-state index in [1.54, 1.807) is 60.7 Å². The van der Waals surface area contributed by atoms with Crippen molar-refractivity contribution in [3.8, 4) is 17.2 Å². The van der Waals surface area contributed by atoms with Crippen LogP contribution in [0, 0.1) is 0 Å². The predicted molar refractivity (Wildman–Crippen MR) is 129 cm³/mol. The Hall–Kier alpha value is -3.20. The van der Waals surface area contributed by atoms with Crippen LogP contribution in [0.25, 0.3) is 16.6 Å². The summed E-state index contributed by atoms with van der Waals surface area (Å²) in [4.78, 5) is 30.6. The van der Waals surface area contributed by atoms with Crippen LogP contribution in [0.4, 0.5) is 5.69 Å². The lowest BCUT2D eigenvalue weighted by Gasteiger charge is -2.14. The third kappa shape index (κ3) is 4.50. The van der Waals surface area contributed by atoms with E-state index in [-0.39, 0.29) is 24.0 Å². The normalized spacial score (nSPS) is 12.2. The van der Waals surface area contributed by atoms with E-state index in [2.05, 4.69) is 10.3 Å². The van der Waals surface area contributed by atoms with Gasteiger partial charge in [0, 0.05) is 21.8 Å². The number of amides is 1. The molecule has 1 amide bonds. The van der Waals surface area contributed by atoms with Gasteiger partial charge in [-0.2, -0.15) is 0 Å². The number of nitrogens with one attached hydrogen (secondary N) is 1. The van der Waals surface area contributed by atoms with Crippen LogP contribution in [0.1, 0.15) is 0 Å². The minimum Gasteiger partial charge on any atom is -0.454 e. The summed E-state index contributed by atoms with van der Waals surface area (Å²) in [6.45, 7) is 0.154. The van der Waals surface area contributed by atoms with Crippen molar-refractivity contribution in [1.29, 1.82) is 0 Å². The van der Waals surface area contributed by atoms with Gasteiger partial charge in [0.05, 0.1) is 22.3 Å². The minimum absolute atomic E-state index is 0.0213. The molecule has 0 atom stereocenters. The van der Waals surface area contributed by atoms with Crippen LogP contribution in [-0.4, -0.2) is 28.0 Å². The molecule has 0 radical (unpaired) electrons. The molecule has 1 aliphatic rings. The minimum atomic E-state index is -0.280. The molecule has 5 rings (SSSR count). The molecule has 1 aromatic heterocycles. The summed E-state index contributed by atoms with van der Waals surface area (Å²) in [7, 11) is 0. The molecule has 0 unspecified atom stereocenters. The van der Waals surface area contributed by atoms with Crippen LogP contribution in [-0.2, 0) is 4.79 Å². The van der Waals surface area contributed by atoms with Crippen molar-refractivity contribution in [2.75, 3.05) is 17.9 Å². The molecule has 3 aromatic carbocycles. The number of nitrogens with zero attached hydrogens (tertiary/aromatic N) is 2. The van der Waals surface area contributed by atoms with Crippen molar-refractivity contribution in [3.63, 3.8) is 0 Å². The maximum atomic E-state index is 13.3. The SMILES string of the molecule is O=C(CSc1nc2ccccc2c(=O)n1-c1cc(Cl)cc(Cl)c1)Nc1ccc2c(c1)OCO2. The molecule has 0 aliphatic carbocycles. The molecule has 166 valence electrons. The van der Waals surface area contributed by atoms with Crippen LogP contribution in [0.3, 0.4) is 0 Å². The largest absolute Gasteiger partial charge is 0.454 e. The predicted octanol–water partition coefficient (Wildman–Crippen LogP) is 5.15. The Balaban J connectivity index is 1.45. The van der Waals surface area contributed by atoms with Gasteiger partial charge in [0.1, 0.15) is 0 Å². The van der Waals surface area contributed by atoms with E-state index in [4.69, 9.17) is 32.7 Å². The van der Waals surface area contributed by atoms with Crippen LogP contribution in [0.5, 0.6) is 11.5 Å². The van der Waals surface area contributed by atoms with E-state index in [1.807, 2.05) is 0 Å². The zero-order valence-corrected chi connectivity index (χ0v) is 19.2. The number of aromatic nitrogens is 2. The highest BCUT2D eigenvalue weighted by Crippen LogP contribution is 2.34. The van der Waals surface area contributed by atoms with Gasteiger partial charge >= 0.3 is 0 Å². The first-order chi connectivity index (χ1) is 16.0. The fourth-order valence-corrected chi connectivity index (χ4v) is 4.73. The second-order valence-corrected chi connectivity index (χ2v) is 8.90. The van der Waals surface area contributed by atoms with Gasteiger partial charge in [-0.3, -0.25) is 14.2 Å². The Kier molecular flexibility index (Phi) is 5.88. The van der Waals surface area contributed by atoms with Gasteiger partial charge in [-0.25, -0.2) is 4.98 Å². The number of carbonyl (C=O) groups is 1. The average molecular weight is 500 g/mol. The van der Waals surface area contributed by atoms with Crippen molar-refractivity contribution in [2.45, 2.75) is 5.16 Å². The number of thioether (sulfide) groups is 1. The fraction of sp³-hybridized carbons (Fsp3) is 0.0870. The second-order valence-electron chi connectivity index (χ2n) is 7.08. The number of carbonyl (C=O) groups excluding carboxylic acids is 1. The lowest BCUT2D eigenvalue weighted by Crippen LogP contribution is -2.23. The molecular formula is C23H15Cl2N3O4S. The summed E-state index contributed by atoms with van der Waals surface area (Å²) in [5.41, 5.74) is 1.30. The van der Waals surface area contributed by atoms with Crippen molar-refractivity contribution in [1.82, 2.24) is 9.55 Å². The van der Waals surface area contributed by atoms with Gasteiger partial charge in [-0.1, -0.05) is 47.1 Å². The summed E-state index contributed by atoms with van der Waals surface area (Å²) in [5, 5.41) is 4.38. The second kappa shape index (κ2) is 8.97. The summed E-state index contributed by atoms with van der Waals surface area (Å²) in [6, 6.07) is 17.0. The summed E-state index contributed by atoms with van der Waals surface area (Å²) in [5.74, 6) is 0.959. The van der Waals surface area contributed by atoms with E-state index < -0.39 is 0 Å². The molecule has 0 saturated heterocycles. The molecule has 1 aliphatic heterocycles. The lowest BCUT2D eigenvalue weighted by molar-refractivity contribution is -0.113. The number of hydrogen-bond donors (Lipinski definition) is 1. The highest BCUT2D eigenvalue weighted by molar-refractivity contribution is 7.99. The Morgan fingerprint density at radius 2 is 1.79 bits per heavy atom. The Morgan fingerprint density at radius 1 is 1.03 bits per heavy atom. The van der Waals surface area contributed by atoms with E-state index in [1.165, 1.54) is 4.57 Å². The van der Waals surface area contributed by atoms with E-state index >= 15 is 0 Å². The van der Waals surface area contributed by atoms with Crippen LogP contribution >= 0.6 is 35.0 Å². The standard InChI is InChI=1S/C23H15Cl2N3O4S/c24-13-7-14(25)9-16(8-13)28-22(30)17-3-1-2-4-18(17)27-23(28)33-11-21(29)26-15-5-6-19-20(10-15)32-12-31-19/h1-10H,11-12H2,(H,26,29). The monoisotopic (exact) mass is 499 g/mol. The number of fused-ring (bicyclic) bond motifs is 2. The van der Waals surface area contributed by atoms with E-state index in [9.17, 15) is 9.59 Å². The number of anilines is 1. The number of halogens is 2. The molecule has 0 spiro atoms. The van der Waals surface area contributed by atoms with Crippen molar-refractivity contribution < 1.29 is 14.3 Å². The third-order valence-electron chi connectivity index (χ3n) is 4.84. The first kappa shape index (κ1) is 21.6. The maximum absolute atomic E-state index is 13.3. The van der Waals surface area contributed by atoms with Gasteiger partial charge < -0.3 is 14.8 Å². The number of rotatable bonds is 5. The Morgan fingerprint density at radius 3 is 2.61 bits per heavy atom. The van der Waals surface area contributed by atoms with E-state index in [0.29, 0.717) is 49.0 Å². The van der Waals surface area contributed by atoms with Crippen LogP contribution in [0.15, 0.2) is 70.6 Å². The van der Waals surface area contributed by atoms with Crippen LogP contribution in [0.2, 0.25) is 10.0 Å². The van der Waals surface area contributed by atoms with Gasteiger partial charge in [-0.15, -0.1) is 0 Å². The molecule has 0 fully saturated rings. The van der Waals surface area contributed by atoms with Crippen molar-refractivity contribution in [2.24, 2.45) is 0 Å². The van der Waals surface area contributed by atoms with Crippen LogP contribution < -0.4 is 20.3 Å². The quantitative estimate of drug-likeness (QED) is 0.302. The third-order valence-corrected chi connectivity index (χ3v) is 6.21. The smallest absolute Gasteiger partial charge is 0.266 e. The summed E-state index contributed by atoms with van der Waals surface area (Å²) < 4.78 is 12.0. The summed E-state index contributed by atoms with van der Waals surface area (Å²) in [6.07, 6.45) is 0. The molecule has 0 bridgehead atoms. The van der Waals surface area contributed by atoms with Gasteiger partial charge in [-0.05, 0) is 42.5 Å². The zero-order chi connectivity index (χ0) is 22.9. The van der Waals surface area contributed by atoms with Crippen molar-refractivity contribution >= 4 is 57.5 Å². The highest BCUT2D eigenvalue weighted by atomic mass is 35.5. The van der Waals surface area contributed by atoms with Crippen molar-refractivity contribution in [3.05, 3.63) is 81.1 Å². The van der Waals surface area contributed by atoms with Gasteiger partial charge in [0.2, 0.25) is 12.7 Å².